The summed E-state index contributed by atoms with van der Waals surface area (Å²) in [6.07, 6.45) is 6.98. The lowest BCUT2D eigenvalue weighted by molar-refractivity contribution is -0.127. The molecule has 4 rings (SSSR count). The van der Waals surface area contributed by atoms with E-state index >= 15 is 0 Å². The smallest absolute Gasteiger partial charge is 0.263 e. The van der Waals surface area contributed by atoms with E-state index in [9.17, 15) is 23.1 Å². The summed E-state index contributed by atoms with van der Waals surface area (Å²) in [6, 6.07) is 1.65. The van der Waals surface area contributed by atoms with Crippen molar-refractivity contribution in [3.05, 3.63) is 52.3 Å². The van der Waals surface area contributed by atoms with Gasteiger partial charge in [0.2, 0.25) is 5.91 Å². The number of fused-ring (bicyclic) bond motifs is 4. The zero-order chi connectivity index (χ0) is 23.9. The van der Waals surface area contributed by atoms with E-state index in [1.807, 2.05) is 13.8 Å². The Morgan fingerprint density at radius 1 is 1.36 bits per heavy atom. The summed E-state index contributed by atoms with van der Waals surface area (Å²) in [4.78, 5) is 30.4. The minimum Gasteiger partial charge on any atom is -0.396 e. The molecule has 2 N–H and O–H groups in total. The van der Waals surface area contributed by atoms with Gasteiger partial charge in [0.15, 0.2) is 5.03 Å². The van der Waals surface area contributed by atoms with Crippen LogP contribution in [0, 0.1) is 11.8 Å². The molecule has 10 nitrogen and oxygen atoms in total. The Kier molecular flexibility index (Phi) is 6.30. The average Bonchev–Trinajstić information content (AvgIpc) is 3.33. The zero-order valence-corrected chi connectivity index (χ0v) is 19.7. The van der Waals surface area contributed by atoms with Crippen molar-refractivity contribution in [2.45, 2.75) is 43.9 Å². The standard InChI is InChI=1S/C22H29N5O5S/c1-4-6-14-7-8-16-20-19(21(29)23-9-5-2)15(12-28)17(10-26(16)22(14)30)27(20)33(31,32)18-11-25(3)13-24-18/h4,6-8,11,13,15,17,19-20,28H,5,9-10,12H2,1-3H3,(H,23,29)/b6-4+/t15-,17-,19+,20+/m0/s1. The SMILES string of the molecule is C/C=C/c1ccc2n(c1=O)C[C@H]1[C@H](CO)[C@@H](C(=O)NCCC)[C@@H]2N1S(=O)(=O)c1cn(C)cn1. The molecule has 2 bridgehead atoms. The number of imidazole rings is 1. The summed E-state index contributed by atoms with van der Waals surface area (Å²) < 4.78 is 31.8. The lowest BCUT2D eigenvalue weighted by Gasteiger charge is -2.36. The number of allylic oxidation sites excluding steroid dienone is 1. The fourth-order valence-corrected chi connectivity index (χ4v) is 6.82. The first kappa shape index (κ1) is 23.4. The van der Waals surface area contributed by atoms with Gasteiger partial charge in [-0.25, -0.2) is 13.4 Å². The predicted molar refractivity (Wildman–Crippen MR) is 122 cm³/mol. The van der Waals surface area contributed by atoms with Crippen LogP contribution in [-0.4, -0.2) is 57.0 Å². The number of aromatic nitrogens is 3. The molecule has 0 saturated carbocycles. The number of aliphatic hydroxyl groups excluding tert-OH is 1. The molecule has 1 fully saturated rings. The largest absolute Gasteiger partial charge is 0.396 e. The normalized spacial score (nSPS) is 24.8. The van der Waals surface area contributed by atoms with Crippen molar-refractivity contribution in [2.24, 2.45) is 18.9 Å². The molecule has 33 heavy (non-hydrogen) atoms. The molecule has 0 unspecified atom stereocenters. The van der Waals surface area contributed by atoms with Gasteiger partial charge in [0, 0.05) is 56.2 Å². The number of nitrogens with one attached hydrogen (secondary N) is 1. The van der Waals surface area contributed by atoms with Gasteiger partial charge in [-0.05, 0) is 25.5 Å². The van der Waals surface area contributed by atoms with E-state index in [4.69, 9.17) is 0 Å². The molecular weight excluding hydrogens is 446 g/mol. The van der Waals surface area contributed by atoms with Gasteiger partial charge < -0.3 is 19.6 Å². The van der Waals surface area contributed by atoms with Crippen LogP contribution >= 0.6 is 0 Å². The molecule has 0 radical (unpaired) electrons. The topological polar surface area (TPSA) is 127 Å². The van der Waals surface area contributed by atoms with Crippen molar-refractivity contribution >= 4 is 22.0 Å². The minimum absolute atomic E-state index is 0.0465. The van der Waals surface area contributed by atoms with Crippen LogP contribution in [0.15, 0.2) is 40.6 Å². The van der Waals surface area contributed by atoms with Crippen LogP contribution in [0.3, 0.4) is 0 Å². The number of aryl methyl sites for hydroxylation is 1. The number of aliphatic hydroxyl groups is 1. The van der Waals surface area contributed by atoms with Crippen molar-refractivity contribution in [1.29, 1.82) is 0 Å². The molecule has 11 heteroatoms. The number of rotatable bonds is 7. The van der Waals surface area contributed by atoms with Gasteiger partial charge in [-0.3, -0.25) is 9.59 Å². The van der Waals surface area contributed by atoms with Crippen LogP contribution in [0.2, 0.25) is 0 Å². The maximum atomic E-state index is 13.7. The Hall–Kier alpha value is -2.76. The Labute approximate surface area is 192 Å². The summed E-state index contributed by atoms with van der Waals surface area (Å²) in [5.41, 5.74) is 0.674. The number of hydrogen-bond donors (Lipinski definition) is 2. The summed E-state index contributed by atoms with van der Waals surface area (Å²) in [5.74, 6) is -1.84. The summed E-state index contributed by atoms with van der Waals surface area (Å²) in [6.45, 7) is 3.83. The van der Waals surface area contributed by atoms with E-state index in [0.29, 0.717) is 17.8 Å². The zero-order valence-electron chi connectivity index (χ0n) is 18.9. The maximum Gasteiger partial charge on any atom is 0.263 e. The molecule has 2 aromatic rings. The van der Waals surface area contributed by atoms with Crippen molar-refractivity contribution in [2.75, 3.05) is 13.2 Å². The predicted octanol–water partition coefficient (Wildman–Crippen LogP) is 0.494. The first-order valence-electron chi connectivity index (χ1n) is 11.0. The summed E-state index contributed by atoms with van der Waals surface area (Å²) >= 11 is 0. The number of amides is 1. The molecule has 178 valence electrons. The quantitative estimate of drug-likeness (QED) is 0.600. The van der Waals surface area contributed by atoms with Crippen LogP contribution in [0.4, 0.5) is 0 Å². The number of pyridine rings is 1. The van der Waals surface area contributed by atoms with Gasteiger partial charge in [-0.1, -0.05) is 19.1 Å². The summed E-state index contributed by atoms with van der Waals surface area (Å²) in [7, 11) is -2.43. The van der Waals surface area contributed by atoms with Crippen molar-refractivity contribution in [1.82, 2.24) is 23.7 Å². The first-order chi connectivity index (χ1) is 15.8. The third-order valence-electron chi connectivity index (χ3n) is 6.44. The number of carbonyl (C=O) groups is 1. The molecule has 1 amide bonds. The highest BCUT2D eigenvalue weighted by atomic mass is 32.2. The number of carbonyl (C=O) groups excluding carboxylic acids is 1. The van der Waals surface area contributed by atoms with E-state index in [2.05, 4.69) is 10.3 Å². The number of nitrogens with zero attached hydrogens (tertiary/aromatic N) is 4. The van der Waals surface area contributed by atoms with Gasteiger partial charge in [0.25, 0.3) is 15.6 Å². The van der Waals surface area contributed by atoms with E-state index in [1.54, 1.807) is 35.9 Å². The lowest BCUT2D eigenvalue weighted by atomic mass is 9.86. The fraction of sp³-hybridized carbons (Fsp3) is 0.500. The monoisotopic (exact) mass is 475 g/mol. The average molecular weight is 476 g/mol. The van der Waals surface area contributed by atoms with E-state index in [-0.39, 0.29) is 29.6 Å². The van der Waals surface area contributed by atoms with Gasteiger partial charge >= 0.3 is 0 Å². The van der Waals surface area contributed by atoms with Crippen LogP contribution < -0.4 is 10.9 Å². The highest BCUT2D eigenvalue weighted by Gasteiger charge is 2.60. The minimum atomic E-state index is -4.10. The van der Waals surface area contributed by atoms with Crippen molar-refractivity contribution in [3.63, 3.8) is 0 Å². The fourth-order valence-electron chi connectivity index (χ4n) is 5.00. The Morgan fingerprint density at radius 2 is 2.12 bits per heavy atom. The second kappa shape index (κ2) is 8.88. The van der Waals surface area contributed by atoms with Gasteiger partial charge in [0.1, 0.15) is 0 Å². The third kappa shape index (κ3) is 3.73. The molecule has 4 heterocycles. The van der Waals surface area contributed by atoms with Gasteiger partial charge in [-0.15, -0.1) is 0 Å². The van der Waals surface area contributed by atoms with Crippen molar-refractivity contribution in [3.8, 4) is 0 Å². The summed E-state index contributed by atoms with van der Waals surface area (Å²) in [5, 5.41) is 13.0. The molecule has 0 aliphatic carbocycles. The number of sulfonamides is 1. The lowest BCUT2D eigenvalue weighted by Crippen LogP contribution is -2.49. The molecule has 0 spiro atoms. The molecule has 1 saturated heterocycles. The van der Waals surface area contributed by atoms with Crippen LogP contribution in [-0.2, 0) is 28.4 Å². The first-order valence-corrected chi connectivity index (χ1v) is 12.5. The number of hydrogen-bond acceptors (Lipinski definition) is 6. The molecule has 2 aromatic heterocycles. The van der Waals surface area contributed by atoms with Crippen molar-refractivity contribution < 1.29 is 18.3 Å². The Bertz CT molecular complexity index is 1250. The van der Waals surface area contributed by atoms with Crippen LogP contribution in [0.25, 0.3) is 6.08 Å². The van der Waals surface area contributed by atoms with Gasteiger partial charge in [0.05, 0.1) is 18.3 Å². The Morgan fingerprint density at radius 3 is 2.73 bits per heavy atom. The third-order valence-corrected chi connectivity index (χ3v) is 8.23. The molecular formula is C22H29N5O5S. The Balaban J connectivity index is 1.92. The van der Waals surface area contributed by atoms with Gasteiger partial charge in [-0.2, -0.15) is 4.31 Å². The van der Waals surface area contributed by atoms with E-state index in [0.717, 1.165) is 6.42 Å². The van der Waals surface area contributed by atoms with E-state index < -0.39 is 33.9 Å². The molecule has 4 atom stereocenters. The molecule has 0 aromatic carbocycles. The second-order valence-corrected chi connectivity index (χ2v) is 10.3. The molecule has 2 aliphatic heterocycles. The highest BCUT2D eigenvalue weighted by molar-refractivity contribution is 7.89. The second-order valence-electron chi connectivity index (χ2n) is 8.52. The van der Waals surface area contributed by atoms with E-state index in [1.165, 1.54) is 21.4 Å². The van der Waals surface area contributed by atoms with Crippen LogP contribution in [0.1, 0.15) is 37.6 Å². The highest BCUT2D eigenvalue weighted by Crippen LogP contribution is 2.50. The van der Waals surface area contributed by atoms with Crippen LogP contribution in [0.5, 0.6) is 0 Å². The maximum absolute atomic E-state index is 13.7. The molecule has 2 aliphatic rings.